The van der Waals surface area contributed by atoms with Crippen LogP contribution in [0.4, 0.5) is 4.39 Å². The van der Waals surface area contributed by atoms with Gasteiger partial charge in [0, 0.05) is 6.20 Å². The van der Waals surface area contributed by atoms with Gasteiger partial charge in [-0.1, -0.05) is 23.4 Å². The van der Waals surface area contributed by atoms with Gasteiger partial charge in [-0.2, -0.15) is 0 Å². The highest BCUT2D eigenvalue weighted by Crippen LogP contribution is 2.23. The Morgan fingerprint density at radius 3 is 2.67 bits per heavy atom. The highest BCUT2D eigenvalue weighted by Gasteiger charge is 2.22. The van der Waals surface area contributed by atoms with Crippen molar-refractivity contribution in [2.24, 2.45) is 0 Å². The molecule has 5 nitrogen and oxygen atoms in total. The van der Waals surface area contributed by atoms with Crippen LogP contribution in [0.2, 0.25) is 0 Å². The summed E-state index contributed by atoms with van der Waals surface area (Å²) < 4.78 is 15.7. The van der Waals surface area contributed by atoms with Gasteiger partial charge in [-0.3, -0.25) is 4.98 Å². The number of para-hydroxylation sites is 1. The summed E-state index contributed by atoms with van der Waals surface area (Å²) in [6.07, 6.45) is 3.18. The van der Waals surface area contributed by atoms with E-state index >= 15 is 0 Å². The summed E-state index contributed by atoms with van der Waals surface area (Å²) >= 11 is 0. The van der Waals surface area contributed by atoms with Crippen molar-refractivity contribution in [3.05, 3.63) is 72.1 Å². The van der Waals surface area contributed by atoms with Crippen molar-refractivity contribution < 1.29 is 4.39 Å². The number of nitrogens with one attached hydrogen (secondary N) is 1. The van der Waals surface area contributed by atoms with Gasteiger partial charge in [0.1, 0.15) is 5.82 Å². The van der Waals surface area contributed by atoms with E-state index in [1.54, 1.807) is 30.2 Å². The fourth-order valence-corrected chi connectivity index (χ4v) is 2.24. The lowest BCUT2D eigenvalue weighted by molar-refractivity contribution is 0.545. The SMILES string of the molecule is CNC(c1ncccc1F)c1cnnn1-c1ccccc1. The number of pyridine rings is 1. The van der Waals surface area contributed by atoms with Gasteiger partial charge in [-0.25, -0.2) is 9.07 Å². The molecule has 0 aliphatic carbocycles. The molecule has 1 atom stereocenters. The molecule has 0 bridgehead atoms. The van der Waals surface area contributed by atoms with Crippen LogP contribution >= 0.6 is 0 Å². The molecule has 21 heavy (non-hydrogen) atoms. The lowest BCUT2D eigenvalue weighted by atomic mass is 10.1. The molecule has 3 aromatic rings. The number of nitrogens with zero attached hydrogens (tertiary/aromatic N) is 4. The maximum absolute atomic E-state index is 14.0. The van der Waals surface area contributed by atoms with Crippen LogP contribution < -0.4 is 5.32 Å². The molecular weight excluding hydrogens is 269 g/mol. The Balaban J connectivity index is 2.08. The van der Waals surface area contributed by atoms with E-state index in [2.05, 4.69) is 20.6 Å². The first-order valence-electron chi connectivity index (χ1n) is 6.55. The molecule has 0 saturated carbocycles. The Hall–Kier alpha value is -2.60. The van der Waals surface area contributed by atoms with Crippen molar-refractivity contribution in [1.82, 2.24) is 25.3 Å². The molecule has 1 unspecified atom stereocenters. The standard InChI is InChI=1S/C15H14FN5/c1-17-15(14-12(16)8-5-9-18-14)13-10-19-20-21(13)11-6-3-2-4-7-11/h2-10,15,17H,1H3. The predicted octanol–water partition coefficient (Wildman–Crippen LogP) is 2.11. The van der Waals surface area contributed by atoms with Gasteiger partial charge in [0.15, 0.2) is 0 Å². The molecule has 1 N–H and O–H groups in total. The van der Waals surface area contributed by atoms with Crippen molar-refractivity contribution in [2.75, 3.05) is 7.05 Å². The van der Waals surface area contributed by atoms with E-state index in [9.17, 15) is 4.39 Å². The summed E-state index contributed by atoms with van der Waals surface area (Å²) in [6.45, 7) is 0. The lowest BCUT2D eigenvalue weighted by Gasteiger charge is -2.17. The first-order chi connectivity index (χ1) is 10.3. The van der Waals surface area contributed by atoms with Crippen LogP contribution in [0.25, 0.3) is 5.69 Å². The second kappa shape index (κ2) is 5.80. The monoisotopic (exact) mass is 283 g/mol. The Labute approximate surface area is 121 Å². The van der Waals surface area contributed by atoms with E-state index in [-0.39, 0.29) is 5.82 Å². The van der Waals surface area contributed by atoms with Crippen molar-refractivity contribution in [2.45, 2.75) is 6.04 Å². The van der Waals surface area contributed by atoms with Crippen LogP contribution in [0.1, 0.15) is 17.4 Å². The predicted molar refractivity (Wildman–Crippen MR) is 76.5 cm³/mol. The Kier molecular flexibility index (Phi) is 3.70. The average molecular weight is 283 g/mol. The first-order valence-corrected chi connectivity index (χ1v) is 6.55. The number of hydrogen-bond acceptors (Lipinski definition) is 4. The Morgan fingerprint density at radius 2 is 1.95 bits per heavy atom. The minimum absolute atomic E-state index is 0.319. The van der Waals surface area contributed by atoms with Crippen LogP contribution in [-0.2, 0) is 0 Å². The van der Waals surface area contributed by atoms with Gasteiger partial charge in [-0.15, -0.1) is 5.10 Å². The summed E-state index contributed by atoms with van der Waals surface area (Å²) in [5, 5.41) is 11.1. The van der Waals surface area contributed by atoms with E-state index in [0.717, 1.165) is 11.4 Å². The highest BCUT2D eigenvalue weighted by molar-refractivity contribution is 5.34. The molecule has 0 fully saturated rings. The second-order valence-corrected chi connectivity index (χ2v) is 4.50. The minimum Gasteiger partial charge on any atom is -0.307 e. The molecule has 1 aromatic carbocycles. The summed E-state index contributed by atoms with van der Waals surface area (Å²) in [5.74, 6) is -0.363. The highest BCUT2D eigenvalue weighted by atomic mass is 19.1. The van der Waals surface area contributed by atoms with Crippen LogP contribution in [-0.4, -0.2) is 27.0 Å². The van der Waals surface area contributed by atoms with E-state index in [1.165, 1.54) is 6.07 Å². The number of halogens is 1. The largest absolute Gasteiger partial charge is 0.307 e. The van der Waals surface area contributed by atoms with E-state index in [0.29, 0.717) is 5.69 Å². The van der Waals surface area contributed by atoms with Crippen LogP contribution in [0.15, 0.2) is 54.9 Å². The van der Waals surface area contributed by atoms with Gasteiger partial charge in [0.2, 0.25) is 0 Å². The number of benzene rings is 1. The molecule has 0 aliphatic rings. The maximum atomic E-state index is 14.0. The van der Waals surface area contributed by atoms with E-state index in [1.807, 2.05) is 30.3 Å². The molecule has 0 aliphatic heterocycles. The van der Waals surface area contributed by atoms with Crippen molar-refractivity contribution in [3.63, 3.8) is 0 Å². The van der Waals surface area contributed by atoms with Crippen LogP contribution in [0.5, 0.6) is 0 Å². The minimum atomic E-state index is -0.429. The normalized spacial score (nSPS) is 12.3. The van der Waals surface area contributed by atoms with Gasteiger partial charge < -0.3 is 5.32 Å². The zero-order chi connectivity index (χ0) is 14.7. The summed E-state index contributed by atoms with van der Waals surface area (Å²) in [6, 6.07) is 12.1. The summed E-state index contributed by atoms with van der Waals surface area (Å²) in [4.78, 5) is 4.13. The quantitative estimate of drug-likeness (QED) is 0.797. The van der Waals surface area contributed by atoms with Crippen LogP contribution in [0.3, 0.4) is 0 Å². The van der Waals surface area contributed by atoms with Gasteiger partial charge >= 0.3 is 0 Å². The topological polar surface area (TPSA) is 55.6 Å². The molecular formula is C15H14FN5. The third-order valence-corrected chi connectivity index (χ3v) is 3.22. The maximum Gasteiger partial charge on any atom is 0.146 e. The van der Waals surface area contributed by atoms with Crippen molar-refractivity contribution >= 4 is 0 Å². The van der Waals surface area contributed by atoms with Crippen molar-refractivity contribution in [1.29, 1.82) is 0 Å². The molecule has 2 heterocycles. The third-order valence-electron chi connectivity index (χ3n) is 3.22. The smallest absolute Gasteiger partial charge is 0.146 e. The Bertz CT molecular complexity index is 726. The molecule has 0 spiro atoms. The Morgan fingerprint density at radius 1 is 1.14 bits per heavy atom. The van der Waals surface area contributed by atoms with E-state index in [4.69, 9.17) is 0 Å². The van der Waals surface area contributed by atoms with Gasteiger partial charge in [0.25, 0.3) is 0 Å². The second-order valence-electron chi connectivity index (χ2n) is 4.50. The van der Waals surface area contributed by atoms with E-state index < -0.39 is 6.04 Å². The molecule has 2 aromatic heterocycles. The number of aromatic nitrogens is 4. The first kappa shape index (κ1) is 13.4. The van der Waals surface area contributed by atoms with Crippen LogP contribution in [0, 0.1) is 5.82 Å². The fourth-order valence-electron chi connectivity index (χ4n) is 2.24. The summed E-state index contributed by atoms with van der Waals surface area (Å²) in [5.41, 5.74) is 1.90. The average Bonchev–Trinajstić information content (AvgIpc) is 3.00. The zero-order valence-electron chi connectivity index (χ0n) is 11.4. The molecule has 0 saturated heterocycles. The third kappa shape index (κ3) is 2.53. The lowest BCUT2D eigenvalue weighted by Crippen LogP contribution is -2.23. The fraction of sp³-hybridized carbons (Fsp3) is 0.133. The van der Waals surface area contributed by atoms with Gasteiger partial charge in [0.05, 0.1) is 29.3 Å². The molecule has 3 rings (SSSR count). The van der Waals surface area contributed by atoms with Crippen molar-refractivity contribution in [3.8, 4) is 5.69 Å². The zero-order valence-corrected chi connectivity index (χ0v) is 11.4. The molecule has 106 valence electrons. The number of rotatable bonds is 4. The molecule has 0 amide bonds. The van der Waals surface area contributed by atoms with Gasteiger partial charge in [-0.05, 0) is 31.3 Å². The molecule has 0 radical (unpaired) electrons. The summed E-state index contributed by atoms with van der Waals surface area (Å²) in [7, 11) is 1.75. The molecule has 6 heteroatoms. The number of hydrogen-bond donors (Lipinski definition) is 1.